The number of carbonyl (C=O) groups excluding carboxylic acids is 1. The van der Waals surface area contributed by atoms with Crippen LogP contribution in [0.25, 0.3) is 0 Å². The second kappa shape index (κ2) is 6.67. The molecule has 1 amide bonds. The maximum atomic E-state index is 13.1. The van der Waals surface area contributed by atoms with Crippen LogP contribution in [0.2, 0.25) is 0 Å². The Hall–Kier alpha value is -1.95. The summed E-state index contributed by atoms with van der Waals surface area (Å²) < 4.78 is 13.1. The maximum absolute atomic E-state index is 13.1. The third kappa shape index (κ3) is 3.78. The molecule has 1 aliphatic carbocycles. The van der Waals surface area contributed by atoms with Crippen molar-refractivity contribution in [1.29, 1.82) is 0 Å². The number of amides is 1. The molecule has 0 bridgehead atoms. The lowest BCUT2D eigenvalue weighted by Crippen LogP contribution is -2.38. The van der Waals surface area contributed by atoms with Gasteiger partial charge in [-0.05, 0) is 31.0 Å². The number of hydrogen-bond acceptors (Lipinski definition) is 3. The molecule has 6 heteroatoms. The van der Waals surface area contributed by atoms with Crippen molar-refractivity contribution >= 4 is 17.6 Å². The normalized spacial score (nSPS) is 22.4. The van der Waals surface area contributed by atoms with Gasteiger partial charge in [-0.1, -0.05) is 19.3 Å². The Morgan fingerprint density at radius 2 is 1.95 bits per heavy atom. The Kier molecular flexibility index (Phi) is 4.90. The van der Waals surface area contributed by atoms with Gasteiger partial charge >= 0.3 is 5.97 Å². The monoisotopic (exact) mass is 294 g/mol. The molecule has 0 saturated heterocycles. The smallest absolute Gasteiger partial charge is 0.337 e. The summed E-state index contributed by atoms with van der Waals surface area (Å²) in [5.74, 6) is -2.57. The lowest BCUT2D eigenvalue weighted by atomic mass is 9.94. The Bertz CT molecular complexity index is 548. The van der Waals surface area contributed by atoms with Gasteiger partial charge in [0.1, 0.15) is 5.82 Å². The number of halogens is 1. The van der Waals surface area contributed by atoms with Gasteiger partial charge in [-0.25, -0.2) is 9.18 Å². The summed E-state index contributed by atoms with van der Waals surface area (Å²) in [6, 6.07) is 3.06. The zero-order chi connectivity index (χ0) is 15.4. The predicted molar refractivity (Wildman–Crippen MR) is 76.5 cm³/mol. The van der Waals surface area contributed by atoms with Crippen molar-refractivity contribution in [3.05, 3.63) is 29.6 Å². The topological polar surface area (TPSA) is 92.4 Å². The Morgan fingerprint density at radius 1 is 1.24 bits per heavy atom. The molecule has 4 N–H and O–H groups in total. The van der Waals surface area contributed by atoms with Crippen molar-refractivity contribution in [3.8, 4) is 0 Å². The van der Waals surface area contributed by atoms with Gasteiger partial charge in [0.25, 0.3) is 0 Å². The largest absolute Gasteiger partial charge is 0.478 e. The molecule has 1 aliphatic rings. The second-order valence-electron chi connectivity index (χ2n) is 5.39. The number of aromatic carboxylic acids is 1. The molecule has 2 rings (SSSR count). The van der Waals surface area contributed by atoms with Crippen LogP contribution in [-0.2, 0) is 4.79 Å². The summed E-state index contributed by atoms with van der Waals surface area (Å²) in [4.78, 5) is 23.4. The first-order valence-electron chi connectivity index (χ1n) is 7.08. The number of nitrogens with one attached hydrogen (secondary N) is 1. The number of carboxylic acids is 1. The molecule has 0 heterocycles. The number of rotatable bonds is 3. The van der Waals surface area contributed by atoms with E-state index in [1.54, 1.807) is 0 Å². The Balaban J connectivity index is 2.17. The first-order chi connectivity index (χ1) is 9.99. The fourth-order valence-corrected chi connectivity index (χ4v) is 2.69. The molecule has 0 radical (unpaired) electrons. The first-order valence-corrected chi connectivity index (χ1v) is 7.08. The predicted octanol–water partition coefficient (Wildman–Crippen LogP) is 2.37. The first kappa shape index (κ1) is 15.4. The van der Waals surface area contributed by atoms with Crippen molar-refractivity contribution in [2.45, 2.75) is 38.1 Å². The third-order valence-electron chi connectivity index (χ3n) is 3.88. The van der Waals surface area contributed by atoms with Crippen molar-refractivity contribution < 1.29 is 19.1 Å². The molecule has 114 valence electrons. The van der Waals surface area contributed by atoms with E-state index in [4.69, 9.17) is 10.8 Å². The van der Waals surface area contributed by atoms with E-state index in [2.05, 4.69) is 5.32 Å². The second-order valence-corrected chi connectivity index (χ2v) is 5.39. The van der Waals surface area contributed by atoms with Crippen molar-refractivity contribution in [2.75, 3.05) is 5.32 Å². The molecule has 1 fully saturated rings. The minimum absolute atomic E-state index is 0.102. The van der Waals surface area contributed by atoms with Gasteiger partial charge in [0, 0.05) is 6.04 Å². The maximum Gasteiger partial charge on any atom is 0.337 e. The number of carbonyl (C=O) groups is 2. The van der Waals surface area contributed by atoms with Gasteiger partial charge in [-0.2, -0.15) is 0 Å². The number of carboxylic acid groups (broad SMARTS) is 1. The highest BCUT2D eigenvalue weighted by Crippen LogP contribution is 2.25. The molecule has 1 aromatic carbocycles. The minimum atomic E-state index is -1.28. The zero-order valence-corrected chi connectivity index (χ0v) is 11.6. The summed E-state index contributed by atoms with van der Waals surface area (Å²) >= 11 is 0. The number of anilines is 1. The molecule has 0 spiro atoms. The van der Waals surface area contributed by atoms with Crippen LogP contribution in [-0.4, -0.2) is 23.0 Å². The standard InChI is InChI=1S/C15H19FN2O3/c16-9-6-7-13(11(8-9)15(20)21)18-14(19)10-4-2-1-3-5-12(10)17/h6-8,10,12H,1-5,17H2,(H,18,19)(H,20,21). The summed E-state index contributed by atoms with van der Waals surface area (Å²) in [6.07, 6.45) is 4.46. The highest BCUT2D eigenvalue weighted by molar-refractivity contribution is 6.01. The molecular formula is C15H19FN2O3. The molecule has 21 heavy (non-hydrogen) atoms. The molecule has 2 atom stereocenters. The van der Waals surface area contributed by atoms with Crippen LogP contribution >= 0.6 is 0 Å². The van der Waals surface area contributed by atoms with Gasteiger partial charge in [-0.3, -0.25) is 4.79 Å². The van der Waals surface area contributed by atoms with E-state index in [0.29, 0.717) is 6.42 Å². The average Bonchev–Trinajstić information content (AvgIpc) is 2.65. The van der Waals surface area contributed by atoms with E-state index in [9.17, 15) is 14.0 Å². The quantitative estimate of drug-likeness (QED) is 0.746. The number of benzene rings is 1. The van der Waals surface area contributed by atoms with Crippen LogP contribution < -0.4 is 11.1 Å². The summed E-state index contributed by atoms with van der Waals surface area (Å²) in [5.41, 5.74) is 5.86. The molecule has 0 aliphatic heterocycles. The van der Waals surface area contributed by atoms with Crippen LogP contribution in [0.5, 0.6) is 0 Å². The molecule has 1 saturated carbocycles. The summed E-state index contributed by atoms with van der Waals surface area (Å²) in [7, 11) is 0. The number of nitrogens with two attached hydrogens (primary N) is 1. The van der Waals surface area contributed by atoms with E-state index in [0.717, 1.165) is 37.8 Å². The fourth-order valence-electron chi connectivity index (χ4n) is 2.69. The van der Waals surface area contributed by atoms with E-state index in [1.807, 2.05) is 0 Å². The summed E-state index contributed by atoms with van der Waals surface area (Å²) in [5, 5.41) is 11.6. The van der Waals surface area contributed by atoms with Crippen molar-refractivity contribution in [1.82, 2.24) is 0 Å². The summed E-state index contributed by atoms with van der Waals surface area (Å²) in [6.45, 7) is 0. The van der Waals surface area contributed by atoms with Crippen LogP contribution in [0.3, 0.4) is 0 Å². The van der Waals surface area contributed by atoms with Gasteiger partial charge in [0.2, 0.25) is 5.91 Å². The molecule has 5 nitrogen and oxygen atoms in total. The highest BCUT2D eigenvalue weighted by atomic mass is 19.1. The average molecular weight is 294 g/mol. The van der Waals surface area contributed by atoms with Crippen LogP contribution in [0.4, 0.5) is 10.1 Å². The van der Waals surface area contributed by atoms with E-state index < -0.39 is 11.8 Å². The van der Waals surface area contributed by atoms with Crippen LogP contribution in [0.1, 0.15) is 42.5 Å². The fraction of sp³-hybridized carbons (Fsp3) is 0.467. The lowest BCUT2D eigenvalue weighted by Gasteiger charge is -2.21. The Morgan fingerprint density at radius 3 is 2.67 bits per heavy atom. The van der Waals surface area contributed by atoms with Gasteiger partial charge in [0.05, 0.1) is 17.2 Å². The zero-order valence-electron chi connectivity index (χ0n) is 11.6. The van der Waals surface area contributed by atoms with Gasteiger partial charge < -0.3 is 16.2 Å². The van der Waals surface area contributed by atoms with Crippen LogP contribution in [0, 0.1) is 11.7 Å². The number of hydrogen-bond donors (Lipinski definition) is 3. The molecule has 0 aromatic heterocycles. The Labute approximate surface area is 122 Å². The van der Waals surface area contributed by atoms with E-state index >= 15 is 0 Å². The molecule has 1 aromatic rings. The van der Waals surface area contributed by atoms with Crippen molar-refractivity contribution in [3.63, 3.8) is 0 Å². The van der Waals surface area contributed by atoms with E-state index in [-0.39, 0.29) is 29.1 Å². The van der Waals surface area contributed by atoms with Crippen LogP contribution in [0.15, 0.2) is 18.2 Å². The minimum Gasteiger partial charge on any atom is -0.478 e. The van der Waals surface area contributed by atoms with Crippen molar-refractivity contribution in [2.24, 2.45) is 11.7 Å². The SMILES string of the molecule is NC1CCCCCC1C(=O)Nc1ccc(F)cc1C(=O)O. The molecular weight excluding hydrogens is 275 g/mol. The lowest BCUT2D eigenvalue weighted by molar-refractivity contribution is -0.120. The van der Waals surface area contributed by atoms with E-state index in [1.165, 1.54) is 6.07 Å². The third-order valence-corrected chi connectivity index (χ3v) is 3.88. The highest BCUT2D eigenvalue weighted by Gasteiger charge is 2.27. The van der Waals surface area contributed by atoms with Gasteiger partial charge in [0.15, 0.2) is 0 Å². The van der Waals surface area contributed by atoms with Gasteiger partial charge in [-0.15, -0.1) is 0 Å². The molecule has 2 unspecified atom stereocenters.